The monoisotopic (exact) mass is 248 g/mol. The van der Waals surface area contributed by atoms with E-state index in [9.17, 15) is 4.79 Å². The Balaban J connectivity index is 1.98. The van der Waals surface area contributed by atoms with Gasteiger partial charge >= 0.3 is 0 Å². The average molecular weight is 248 g/mol. The quantitative estimate of drug-likeness (QED) is 0.887. The van der Waals surface area contributed by atoms with Crippen LogP contribution in [-0.2, 0) is 4.79 Å². The lowest BCUT2D eigenvalue weighted by atomic mass is 10.2. The van der Waals surface area contributed by atoms with E-state index in [1.807, 2.05) is 31.3 Å². The first-order valence-corrected chi connectivity index (χ1v) is 6.47. The molecule has 1 atom stereocenters. The van der Waals surface area contributed by atoms with Crippen LogP contribution in [0.5, 0.6) is 5.75 Å². The lowest BCUT2D eigenvalue weighted by Crippen LogP contribution is -2.45. The Bertz CT molecular complexity index is 420. The molecule has 1 unspecified atom stereocenters. The summed E-state index contributed by atoms with van der Waals surface area (Å²) in [4.78, 5) is 13.9. The number of nitrogens with one attached hydrogen (secondary N) is 1. The molecule has 2 rings (SSSR count). The van der Waals surface area contributed by atoms with Crippen LogP contribution < -0.4 is 10.1 Å². The number of para-hydroxylation sites is 2. The van der Waals surface area contributed by atoms with E-state index in [-0.39, 0.29) is 5.91 Å². The SMILES string of the molecule is CCCCN(C)C(=O)C1CNc2ccccc2O1. The maximum Gasteiger partial charge on any atom is 0.265 e. The molecule has 1 aromatic rings. The predicted octanol–water partition coefficient (Wildman–Crippen LogP) is 2.12. The molecule has 0 radical (unpaired) electrons. The van der Waals surface area contributed by atoms with Gasteiger partial charge in [0.1, 0.15) is 5.75 Å². The number of fused-ring (bicyclic) bond motifs is 1. The molecular weight excluding hydrogens is 228 g/mol. The Morgan fingerprint density at radius 2 is 2.28 bits per heavy atom. The number of nitrogens with zero attached hydrogens (tertiary/aromatic N) is 1. The highest BCUT2D eigenvalue weighted by Crippen LogP contribution is 2.28. The summed E-state index contributed by atoms with van der Waals surface area (Å²) in [6, 6.07) is 7.70. The fraction of sp³-hybridized carbons (Fsp3) is 0.500. The maximum absolute atomic E-state index is 12.2. The van der Waals surface area contributed by atoms with Gasteiger partial charge in [0.05, 0.1) is 12.2 Å². The molecule has 1 aliphatic heterocycles. The van der Waals surface area contributed by atoms with Crippen LogP contribution >= 0.6 is 0 Å². The number of carbonyl (C=O) groups is 1. The fourth-order valence-corrected chi connectivity index (χ4v) is 2.00. The minimum Gasteiger partial charge on any atom is -0.477 e. The molecule has 1 aromatic carbocycles. The normalized spacial score (nSPS) is 17.3. The van der Waals surface area contributed by atoms with Crippen molar-refractivity contribution in [3.8, 4) is 5.75 Å². The van der Waals surface area contributed by atoms with Gasteiger partial charge in [-0.1, -0.05) is 25.5 Å². The van der Waals surface area contributed by atoms with E-state index in [1.165, 1.54) is 0 Å². The van der Waals surface area contributed by atoms with Gasteiger partial charge in [0.2, 0.25) is 0 Å². The van der Waals surface area contributed by atoms with E-state index < -0.39 is 6.10 Å². The Kier molecular flexibility index (Phi) is 4.07. The molecule has 0 fully saturated rings. The molecule has 4 nitrogen and oxygen atoms in total. The molecule has 1 N–H and O–H groups in total. The van der Waals surface area contributed by atoms with Crippen molar-refractivity contribution in [2.75, 3.05) is 25.5 Å². The number of likely N-dealkylation sites (N-methyl/N-ethyl adjacent to an activating group) is 1. The summed E-state index contributed by atoms with van der Waals surface area (Å²) < 4.78 is 5.74. The number of benzene rings is 1. The number of amides is 1. The maximum atomic E-state index is 12.2. The topological polar surface area (TPSA) is 41.6 Å². The molecule has 1 heterocycles. The summed E-state index contributed by atoms with van der Waals surface area (Å²) in [7, 11) is 1.84. The van der Waals surface area contributed by atoms with Gasteiger partial charge in [-0.25, -0.2) is 0 Å². The number of rotatable bonds is 4. The third-order valence-corrected chi connectivity index (χ3v) is 3.13. The Labute approximate surface area is 108 Å². The standard InChI is InChI=1S/C14H20N2O2/c1-3-4-9-16(2)14(17)13-10-15-11-7-5-6-8-12(11)18-13/h5-8,13,15H,3-4,9-10H2,1-2H3. The molecule has 0 saturated carbocycles. The number of unbranched alkanes of at least 4 members (excludes halogenated alkanes) is 1. The summed E-state index contributed by atoms with van der Waals surface area (Å²) >= 11 is 0. The van der Waals surface area contributed by atoms with Gasteiger partial charge in [-0.05, 0) is 18.6 Å². The Morgan fingerprint density at radius 3 is 3.06 bits per heavy atom. The predicted molar refractivity (Wildman–Crippen MR) is 71.9 cm³/mol. The van der Waals surface area contributed by atoms with Crippen LogP contribution in [0.2, 0.25) is 0 Å². The number of anilines is 1. The molecule has 0 saturated heterocycles. The zero-order valence-corrected chi connectivity index (χ0v) is 11.0. The average Bonchev–Trinajstić information content (AvgIpc) is 2.43. The number of hydrogen-bond acceptors (Lipinski definition) is 3. The first-order chi connectivity index (χ1) is 8.72. The third-order valence-electron chi connectivity index (χ3n) is 3.13. The highest BCUT2D eigenvalue weighted by Gasteiger charge is 2.27. The largest absolute Gasteiger partial charge is 0.477 e. The fourth-order valence-electron chi connectivity index (χ4n) is 2.00. The molecule has 98 valence electrons. The van der Waals surface area contributed by atoms with E-state index in [0.29, 0.717) is 6.54 Å². The molecule has 0 bridgehead atoms. The van der Waals surface area contributed by atoms with Crippen LogP contribution in [0, 0.1) is 0 Å². The summed E-state index contributed by atoms with van der Waals surface area (Å²) in [6.45, 7) is 3.44. The van der Waals surface area contributed by atoms with E-state index in [0.717, 1.165) is 30.8 Å². The van der Waals surface area contributed by atoms with Gasteiger partial charge in [0.15, 0.2) is 6.10 Å². The van der Waals surface area contributed by atoms with E-state index >= 15 is 0 Å². The van der Waals surface area contributed by atoms with E-state index in [2.05, 4.69) is 12.2 Å². The van der Waals surface area contributed by atoms with Gasteiger partial charge < -0.3 is 15.0 Å². The van der Waals surface area contributed by atoms with Crippen LogP contribution in [0.1, 0.15) is 19.8 Å². The van der Waals surface area contributed by atoms with Crippen molar-refractivity contribution in [1.82, 2.24) is 4.90 Å². The summed E-state index contributed by atoms with van der Waals surface area (Å²) in [5.41, 5.74) is 0.956. The molecule has 18 heavy (non-hydrogen) atoms. The second-order valence-electron chi connectivity index (χ2n) is 4.60. The Hall–Kier alpha value is -1.71. The van der Waals surface area contributed by atoms with Gasteiger partial charge in [0, 0.05) is 13.6 Å². The molecule has 4 heteroatoms. The van der Waals surface area contributed by atoms with Crippen LogP contribution in [0.3, 0.4) is 0 Å². The van der Waals surface area contributed by atoms with E-state index in [1.54, 1.807) is 4.90 Å². The molecular formula is C14H20N2O2. The second-order valence-corrected chi connectivity index (χ2v) is 4.60. The smallest absolute Gasteiger partial charge is 0.265 e. The van der Waals surface area contributed by atoms with Gasteiger partial charge in [-0.3, -0.25) is 4.79 Å². The molecule has 1 aliphatic rings. The van der Waals surface area contributed by atoms with Crippen LogP contribution in [0.25, 0.3) is 0 Å². The number of ether oxygens (including phenoxy) is 1. The van der Waals surface area contributed by atoms with Crippen molar-refractivity contribution in [3.63, 3.8) is 0 Å². The van der Waals surface area contributed by atoms with Gasteiger partial charge in [0.25, 0.3) is 5.91 Å². The van der Waals surface area contributed by atoms with Crippen molar-refractivity contribution in [2.24, 2.45) is 0 Å². The van der Waals surface area contributed by atoms with Gasteiger partial charge in [-0.2, -0.15) is 0 Å². The van der Waals surface area contributed by atoms with Crippen molar-refractivity contribution < 1.29 is 9.53 Å². The minimum atomic E-state index is -0.415. The van der Waals surface area contributed by atoms with Crippen molar-refractivity contribution in [2.45, 2.75) is 25.9 Å². The van der Waals surface area contributed by atoms with Crippen molar-refractivity contribution in [1.29, 1.82) is 0 Å². The minimum absolute atomic E-state index is 0.0467. The van der Waals surface area contributed by atoms with Crippen LogP contribution in [0.15, 0.2) is 24.3 Å². The van der Waals surface area contributed by atoms with Crippen molar-refractivity contribution in [3.05, 3.63) is 24.3 Å². The van der Waals surface area contributed by atoms with Crippen LogP contribution in [0.4, 0.5) is 5.69 Å². The van der Waals surface area contributed by atoms with E-state index in [4.69, 9.17) is 4.74 Å². The van der Waals surface area contributed by atoms with Crippen LogP contribution in [-0.4, -0.2) is 37.0 Å². The van der Waals surface area contributed by atoms with Gasteiger partial charge in [-0.15, -0.1) is 0 Å². The zero-order valence-electron chi connectivity index (χ0n) is 11.0. The lowest BCUT2D eigenvalue weighted by molar-refractivity contribution is -0.137. The highest BCUT2D eigenvalue weighted by molar-refractivity contribution is 5.82. The molecule has 0 aromatic heterocycles. The highest BCUT2D eigenvalue weighted by atomic mass is 16.5. The Morgan fingerprint density at radius 1 is 1.50 bits per heavy atom. The number of hydrogen-bond donors (Lipinski definition) is 1. The summed E-state index contributed by atoms with van der Waals surface area (Å²) in [5.74, 6) is 0.802. The zero-order chi connectivity index (χ0) is 13.0. The first kappa shape index (κ1) is 12.7. The molecule has 1 amide bonds. The lowest BCUT2D eigenvalue weighted by Gasteiger charge is -2.29. The second kappa shape index (κ2) is 5.76. The third kappa shape index (κ3) is 2.75. The first-order valence-electron chi connectivity index (χ1n) is 6.47. The molecule has 0 aliphatic carbocycles. The van der Waals surface area contributed by atoms with Crippen molar-refractivity contribution >= 4 is 11.6 Å². The number of carbonyl (C=O) groups excluding carboxylic acids is 1. The summed E-state index contributed by atoms with van der Waals surface area (Å²) in [6.07, 6.45) is 1.70. The summed E-state index contributed by atoms with van der Waals surface area (Å²) in [5, 5.41) is 3.23. The molecule has 0 spiro atoms.